The van der Waals surface area contributed by atoms with Crippen molar-refractivity contribution in [3.8, 4) is 45.0 Å². The highest BCUT2D eigenvalue weighted by Gasteiger charge is 2.24. The summed E-state index contributed by atoms with van der Waals surface area (Å²) in [7, 11) is 0. The molecule has 0 unspecified atom stereocenters. The number of fused-ring (bicyclic) bond motifs is 9. The Hall–Kier alpha value is -7.83. The predicted octanol–water partition coefficient (Wildman–Crippen LogP) is 13.8. The van der Waals surface area contributed by atoms with Crippen LogP contribution in [-0.2, 0) is 6.42 Å². The van der Waals surface area contributed by atoms with Crippen molar-refractivity contribution in [2.75, 3.05) is 0 Å². The number of furan rings is 3. The van der Waals surface area contributed by atoms with Gasteiger partial charge in [-0.3, -0.25) is 0 Å². The van der Waals surface area contributed by atoms with Crippen LogP contribution in [0.25, 0.3) is 111 Å². The second-order valence-electron chi connectivity index (χ2n) is 14.7. The summed E-state index contributed by atoms with van der Waals surface area (Å²) >= 11 is 0. The number of hydrogen-bond acceptors (Lipinski definition) is 6. The quantitative estimate of drug-likeness (QED) is 0.169. The Labute approximate surface area is 331 Å². The first kappa shape index (κ1) is 32.4. The molecule has 58 heavy (non-hydrogen) atoms. The molecule has 272 valence electrons. The molecule has 0 spiro atoms. The Bertz CT molecular complexity index is 3540. The van der Waals surface area contributed by atoms with E-state index in [4.69, 9.17) is 28.2 Å². The zero-order valence-corrected chi connectivity index (χ0v) is 31.0. The third-order valence-corrected chi connectivity index (χ3v) is 11.2. The number of para-hydroxylation sites is 4. The summed E-state index contributed by atoms with van der Waals surface area (Å²) in [4.78, 5) is 15.3. The molecule has 0 radical (unpaired) electrons. The molecule has 0 atom stereocenters. The largest absolute Gasteiger partial charge is 0.455 e. The molecule has 0 fully saturated rings. The molecule has 0 saturated heterocycles. The van der Waals surface area contributed by atoms with E-state index in [1.807, 2.05) is 91.0 Å². The van der Waals surface area contributed by atoms with E-state index < -0.39 is 0 Å². The van der Waals surface area contributed by atoms with Gasteiger partial charge in [0.05, 0.1) is 0 Å². The molecule has 0 saturated carbocycles. The summed E-state index contributed by atoms with van der Waals surface area (Å²) in [5.41, 5.74) is 11.5. The third-order valence-electron chi connectivity index (χ3n) is 11.2. The van der Waals surface area contributed by atoms with Crippen LogP contribution in [0, 0.1) is 0 Å². The van der Waals surface area contributed by atoms with Gasteiger partial charge in [0.2, 0.25) is 0 Å². The van der Waals surface area contributed by atoms with Crippen molar-refractivity contribution >= 4 is 65.8 Å². The van der Waals surface area contributed by atoms with Gasteiger partial charge in [-0.1, -0.05) is 146 Å². The summed E-state index contributed by atoms with van der Waals surface area (Å²) in [5, 5.41) is 6.12. The van der Waals surface area contributed by atoms with E-state index in [0.29, 0.717) is 23.9 Å². The lowest BCUT2D eigenvalue weighted by Crippen LogP contribution is -2.04. The number of hydrogen-bond donors (Lipinski definition) is 0. The first-order valence-electron chi connectivity index (χ1n) is 19.4. The molecule has 0 N–H and O–H groups in total. The molecule has 0 aliphatic heterocycles. The monoisotopic (exact) mass is 745 g/mol. The van der Waals surface area contributed by atoms with Crippen LogP contribution in [-0.4, -0.2) is 15.0 Å². The fourth-order valence-electron chi connectivity index (χ4n) is 8.52. The summed E-state index contributed by atoms with van der Waals surface area (Å²) < 4.78 is 20.2. The molecular weight excluding hydrogens is 715 g/mol. The predicted molar refractivity (Wildman–Crippen MR) is 233 cm³/mol. The van der Waals surface area contributed by atoms with E-state index in [-0.39, 0.29) is 0 Å². The van der Waals surface area contributed by atoms with Gasteiger partial charge in [-0.05, 0) is 41.5 Å². The van der Waals surface area contributed by atoms with Crippen molar-refractivity contribution in [2.45, 2.75) is 6.42 Å². The van der Waals surface area contributed by atoms with Crippen molar-refractivity contribution in [3.63, 3.8) is 0 Å². The minimum absolute atomic E-state index is 0.565. The molecule has 0 bridgehead atoms. The Morgan fingerprint density at radius 2 is 0.879 bits per heavy atom. The van der Waals surface area contributed by atoms with Crippen molar-refractivity contribution < 1.29 is 13.3 Å². The topological polar surface area (TPSA) is 78.1 Å². The lowest BCUT2D eigenvalue weighted by Gasteiger charge is -2.11. The molecule has 0 aliphatic carbocycles. The van der Waals surface area contributed by atoms with Crippen LogP contribution in [0.2, 0.25) is 0 Å². The van der Waals surface area contributed by atoms with Gasteiger partial charge in [-0.15, -0.1) is 0 Å². The SMILES string of the molecule is c1ccc(Cc2nc(-c3ccccc3)nc(-c3cccc4oc5c(-c6cccc7c6oc6ccccc67)cc(-c6cccc7c6oc6ccccc67)cc5c34)n2)cc1. The van der Waals surface area contributed by atoms with Crippen LogP contribution in [0.5, 0.6) is 0 Å². The molecular formula is C52H31N3O3. The van der Waals surface area contributed by atoms with Gasteiger partial charge in [0.25, 0.3) is 0 Å². The van der Waals surface area contributed by atoms with Crippen molar-refractivity contribution in [3.05, 3.63) is 187 Å². The Morgan fingerprint density at radius 1 is 0.345 bits per heavy atom. The van der Waals surface area contributed by atoms with Crippen molar-refractivity contribution in [2.24, 2.45) is 0 Å². The third kappa shape index (κ3) is 5.16. The molecule has 12 rings (SSSR count). The fraction of sp³-hybridized carbons (Fsp3) is 0.0192. The Kier molecular flexibility index (Phi) is 7.19. The van der Waals surface area contributed by atoms with Gasteiger partial charge in [-0.25, -0.2) is 15.0 Å². The standard InChI is InChI=1S/C52H31N3O3/c1-3-14-31(15-4-1)28-46-53-51(32-16-5-2-6-17-32)55-52(54-46)40-24-13-27-45-47(40)42-30-33(34-20-11-21-37-35-18-7-9-25-43(35)56-48(34)37)29-41(50(42)58-45)39-23-12-22-38-36-19-8-10-26-44(36)57-49(38)39/h1-27,29-30H,28H2. The first-order valence-corrected chi connectivity index (χ1v) is 19.4. The maximum absolute atomic E-state index is 6.95. The van der Waals surface area contributed by atoms with Crippen LogP contribution >= 0.6 is 0 Å². The minimum atomic E-state index is 0.565. The van der Waals surface area contributed by atoms with Crippen LogP contribution in [0.4, 0.5) is 0 Å². The minimum Gasteiger partial charge on any atom is -0.455 e. The summed E-state index contributed by atoms with van der Waals surface area (Å²) in [6.45, 7) is 0. The number of benzene rings is 8. The smallest absolute Gasteiger partial charge is 0.164 e. The van der Waals surface area contributed by atoms with Crippen LogP contribution in [0.15, 0.2) is 189 Å². The van der Waals surface area contributed by atoms with Crippen LogP contribution in [0.1, 0.15) is 11.4 Å². The highest BCUT2D eigenvalue weighted by atomic mass is 16.3. The molecule has 12 aromatic rings. The molecule has 4 aromatic heterocycles. The first-order chi connectivity index (χ1) is 28.7. The summed E-state index contributed by atoms with van der Waals surface area (Å²) in [6, 6.07) is 60.0. The van der Waals surface area contributed by atoms with Gasteiger partial charge >= 0.3 is 0 Å². The number of rotatable bonds is 6. The molecule has 0 amide bonds. The Morgan fingerprint density at radius 3 is 1.62 bits per heavy atom. The lowest BCUT2D eigenvalue weighted by atomic mass is 9.93. The summed E-state index contributed by atoms with van der Waals surface area (Å²) in [6.07, 6.45) is 0.565. The van der Waals surface area contributed by atoms with Crippen molar-refractivity contribution in [1.82, 2.24) is 15.0 Å². The van der Waals surface area contributed by atoms with E-state index in [2.05, 4.69) is 84.9 Å². The molecule has 6 nitrogen and oxygen atoms in total. The fourth-order valence-corrected chi connectivity index (χ4v) is 8.52. The highest BCUT2D eigenvalue weighted by Crippen LogP contribution is 2.46. The van der Waals surface area contributed by atoms with Crippen LogP contribution < -0.4 is 0 Å². The van der Waals surface area contributed by atoms with Gasteiger partial charge in [-0.2, -0.15) is 0 Å². The van der Waals surface area contributed by atoms with Crippen LogP contribution in [0.3, 0.4) is 0 Å². The average molecular weight is 746 g/mol. The zero-order chi connectivity index (χ0) is 38.2. The second-order valence-corrected chi connectivity index (χ2v) is 14.7. The van der Waals surface area contributed by atoms with E-state index in [1.165, 1.54) is 0 Å². The lowest BCUT2D eigenvalue weighted by molar-refractivity contribution is 0.665. The highest BCUT2D eigenvalue weighted by molar-refractivity contribution is 6.19. The maximum Gasteiger partial charge on any atom is 0.164 e. The van der Waals surface area contributed by atoms with E-state index >= 15 is 0 Å². The summed E-state index contributed by atoms with van der Waals surface area (Å²) in [5.74, 6) is 1.89. The number of nitrogens with zero attached hydrogens (tertiary/aromatic N) is 3. The normalized spacial score (nSPS) is 11.9. The molecule has 0 aliphatic rings. The van der Waals surface area contributed by atoms with E-state index in [1.54, 1.807) is 0 Å². The van der Waals surface area contributed by atoms with Gasteiger partial charge in [0.15, 0.2) is 11.6 Å². The van der Waals surface area contributed by atoms with Gasteiger partial charge in [0, 0.05) is 66.6 Å². The average Bonchev–Trinajstić information content (AvgIpc) is 3.98. The van der Waals surface area contributed by atoms with E-state index in [0.717, 1.165) is 105 Å². The van der Waals surface area contributed by atoms with Gasteiger partial charge in [0.1, 0.15) is 39.3 Å². The number of aromatic nitrogens is 3. The van der Waals surface area contributed by atoms with Gasteiger partial charge < -0.3 is 13.3 Å². The Balaban J connectivity index is 1.16. The molecule has 8 aromatic carbocycles. The maximum atomic E-state index is 6.95. The zero-order valence-electron chi connectivity index (χ0n) is 31.0. The van der Waals surface area contributed by atoms with E-state index in [9.17, 15) is 0 Å². The molecule has 4 heterocycles. The molecule has 6 heteroatoms. The second kappa shape index (κ2) is 12.9. The van der Waals surface area contributed by atoms with Crippen molar-refractivity contribution in [1.29, 1.82) is 0 Å².